The van der Waals surface area contributed by atoms with Crippen molar-refractivity contribution in [3.63, 3.8) is 0 Å². The minimum atomic E-state index is -2.19. The molecule has 0 aromatic rings. The van der Waals surface area contributed by atoms with Gasteiger partial charge >= 0.3 is 37.7 Å². The Bertz CT molecular complexity index is 141. The van der Waals surface area contributed by atoms with Gasteiger partial charge in [-0.15, -0.1) is 10.1 Å². The van der Waals surface area contributed by atoms with Gasteiger partial charge in [0.05, 0.1) is 11.9 Å². The second-order valence-electron chi connectivity index (χ2n) is 0.813. The van der Waals surface area contributed by atoms with Crippen LogP contribution in [0.1, 0.15) is 0 Å². The van der Waals surface area contributed by atoms with Crippen molar-refractivity contribution in [3.8, 4) is 0 Å². The Morgan fingerprint density at radius 1 is 1.08 bits per heavy atom. The molecule has 0 aliphatic heterocycles. The van der Waals surface area contributed by atoms with Crippen molar-refractivity contribution in [2.75, 3.05) is 0 Å². The molecule has 0 rings (SSSR count). The van der Waals surface area contributed by atoms with Crippen molar-refractivity contribution >= 4 is 11.9 Å². The molecule has 0 radical (unpaired) electrons. The monoisotopic (exact) mass is 165 g/mol. The van der Waals surface area contributed by atoms with Gasteiger partial charge < -0.3 is 25.0 Å². The molecule has 0 saturated heterocycles. The Morgan fingerprint density at radius 2 is 1.17 bits per heavy atom. The number of rotatable bonds is 0. The zero-order chi connectivity index (χ0) is 8.73. The predicted octanol–water partition coefficient (Wildman–Crippen LogP) is -9.85. The van der Waals surface area contributed by atoms with Gasteiger partial charge in [-0.05, 0) is 0 Å². The van der Waals surface area contributed by atoms with Crippen LogP contribution in [0.2, 0.25) is 0 Å². The molecule has 0 amide bonds. The summed E-state index contributed by atoms with van der Waals surface area (Å²) >= 11 is 0. The van der Waals surface area contributed by atoms with Crippen molar-refractivity contribution in [2.45, 2.75) is 0 Å². The van der Waals surface area contributed by atoms with Crippen molar-refractivity contribution in [1.82, 2.24) is 0 Å². The van der Waals surface area contributed by atoms with Crippen LogP contribution in [0.3, 0.4) is 0 Å². The average Bonchev–Trinajstić information content (AvgIpc) is 1.63. The van der Waals surface area contributed by atoms with E-state index in [-0.39, 0.29) is 37.7 Å². The second kappa shape index (κ2) is 13.0. The number of carboxylic acid groups (broad SMARTS) is 2. The fourth-order valence-electron chi connectivity index (χ4n) is 0. The predicted molar refractivity (Wildman–Crippen MR) is 18.8 cm³/mol. The fraction of sp³-hybridized carbons (Fsp3) is 0. The summed E-state index contributed by atoms with van der Waals surface area (Å²) in [5, 5.41) is 31.5. The summed E-state index contributed by atoms with van der Waals surface area (Å²) in [7, 11) is 0. The maximum atomic E-state index is 8.93. The van der Waals surface area contributed by atoms with Crippen LogP contribution in [-0.2, 0) is 9.59 Å². The van der Waals surface area contributed by atoms with Gasteiger partial charge in [-0.1, -0.05) is 0 Å². The molecule has 0 fully saturated rings. The Kier molecular flexibility index (Phi) is 24.3. The molecule has 0 bridgehead atoms. The van der Waals surface area contributed by atoms with Crippen molar-refractivity contribution in [2.24, 2.45) is 0 Å². The van der Waals surface area contributed by atoms with Crippen LogP contribution in [0.4, 0.5) is 0 Å². The van der Waals surface area contributed by atoms with E-state index in [1.807, 2.05) is 0 Å². The maximum Gasteiger partial charge on any atom is 1.00 e. The third-order valence-electron chi connectivity index (χ3n) is 0.167. The van der Waals surface area contributed by atoms with Crippen LogP contribution >= 0.6 is 0 Å². The molecule has 0 unspecified atom stereocenters. The molecule has 0 atom stereocenters. The van der Waals surface area contributed by atoms with Gasteiger partial charge in [-0.2, -0.15) is 0 Å². The molecule has 0 aromatic carbocycles. The molecule has 0 aliphatic rings. The first-order chi connectivity index (χ1) is 4.37. The van der Waals surface area contributed by atoms with Gasteiger partial charge in [0.15, 0.2) is 0 Å². The maximum absolute atomic E-state index is 8.93. The number of hydrogen-bond acceptors (Lipinski definition) is 6. The van der Waals surface area contributed by atoms with E-state index in [0.29, 0.717) is 0 Å². The van der Waals surface area contributed by atoms with E-state index in [1.165, 1.54) is 0 Å². The van der Waals surface area contributed by atoms with Gasteiger partial charge in [0, 0.05) is 0 Å². The van der Waals surface area contributed by atoms with Gasteiger partial charge in [-0.25, -0.2) is 0 Å². The van der Waals surface area contributed by atoms with E-state index in [4.69, 9.17) is 35.1 Å². The SMILES string of the molecule is O=C([O-])C(=O)[O-].O=[N+]([O-])O.[Li+].[Li+]. The molecular weight excluding hydrogens is 164 g/mol. The minimum Gasteiger partial charge on any atom is -0.543 e. The fourth-order valence-corrected chi connectivity index (χ4v) is 0. The first kappa shape index (κ1) is 22.5. The molecule has 0 aliphatic carbocycles. The van der Waals surface area contributed by atoms with E-state index in [1.54, 1.807) is 0 Å². The summed E-state index contributed by atoms with van der Waals surface area (Å²) in [6.45, 7) is 0. The van der Waals surface area contributed by atoms with Gasteiger partial charge in [-0.3, -0.25) is 0 Å². The standard InChI is InChI=1S/C2H2O4.2Li.HNO3/c3-1(4)2(5)6;;;2-1(3)4/h(H,3,4)(H,5,6);;;(H,2,3,4)/q;2*+1;/p-2. The summed E-state index contributed by atoms with van der Waals surface area (Å²) in [4.78, 5) is 26.2. The number of aliphatic carboxylic acids is 2. The first-order valence-corrected chi connectivity index (χ1v) is 1.63. The van der Waals surface area contributed by atoms with Crippen LogP contribution in [0, 0.1) is 10.1 Å². The largest absolute Gasteiger partial charge is 1.00 e. The van der Waals surface area contributed by atoms with Gasteiger partial charge in [0.25, 0.3) is 5.09 Å². The molecule has 58 valence electrons. The smallest absolute Gasteiger partial charge is 0.543 e. The summed E-state index contributed by atoms with van der Waals surface area (Å²) in [6, 6.07) is 0. The minimum absolute atomic E-state index is 0. The van der Waals surface area contributed by atoms with Crippen molar-refractivity contribution in [3.05, 3.63) is 10.1 Å². The number of hydrogen-bond donors (Lipinski definition) is 1. The zero-order valence-corrected chi connectivity index (χ0v) is 6.34. The number of carbonyl (C=O) groups excluding carboxylic acids is 2. The van der Waals surface area contributed by atoms with Gasteiger partial charge in [0.2, 0.25) is 0 Å². The third kappa shape index (κ3) is 58.3. The molecule has 10 heteroatoms. The molecule has 0 saturated carbocycles. The average molecular weight is 165 g/mol. The summed E-state index contributed by atoms with van der Waals surface area (Å²) in [5.41, 5.74) is 0. The molecule has 1 N–H and O–H groups in total. The third-order valence-corrected chi connectivity index (χ3v) is 0.167. The van der Waals surface area contributed by atoms with E-state index in [2.05, 4.69) is 0 Å². The second-order valence-corrected chi connectivity index (χ2v) is 0.813. The molecule has 0 heterocycles. The van der Waals surface area contributed by atoms with Crippen LogP contribution in [-0.4, -0.2) is 22.2 Å². The Labute approximate surface area is 90.0 Å². The molecular formula is C2HLi2NO7. The van der Waals surface area contributed by atoms with Crippen molar-refractivity contribution < 1.29 is 67.8 Å². The summed E-state index contributed by atoms with van der Waals surface area (Å²) < 4.78 is 0. The Hall–Kier alpha value is -0.665. The topological polar surface area (TPSA) is 144 Å². The van der Waals surface area contributed by atoms with E-state index in [0.717, 1.165) is 0 Å². The van der Waals surface area contributed by atoms with E-state index in [9.17, 15) is 0 Å². The quantitative estimate of drug-likeness (QED) is 0.162. The molecule has 0 spiro atoms. The van der Waals surface area contributed by atoms with Crippen LogP contribution in [0.25, 0.3) is 0 Å². The first-order valence-electron chi connectivity index (χ1n) is 1.63. The molecule has 0 aromatic heterocycles. The number of nitrogens with zero attached hydrogens (tertiary/aromatic N) is 1. The van der Waals surface area contributed by atoms with Crippen LogP contribution in [0.15, 0.2) is 0 Å². The van der Waals surface area contributed by atoms with E-state index >= 15 is 0 Å². The number of carbonyl (C=O) groups is 2. The van der Waals surface area contributed by atoms with Crippen molar-refractivity contribution in [1.29, 1.82) is 0 Å². The summed E-state index contributed by atoms with van der Waals surface area (Å²) in [6.07, 6.45) is 0. The number of carboxylic acids is 2. The van der Waals surface area contributed by atoms with E-state index < -0.39 is 17.0 Å². The van der Waals surface area contributed by atoms with Gasteiger partial charge in [0.1, 0.15) is 0 Å². The van der Waals surface area contributed by atoms with Crippen LogP contribution in [0.5, 0.6) is 0 Å². The normalized spacial score (nSPS) is 5.67. The molecule has 8 nitrogen and oxygen atoms in total. The molecule has 12 heavy (non-hydrogen) atoms. The Morgan fingerprint density at radius 3 is 1.17 bits per heavy atom. The Balaban J connectivity index is -0.0000000483. The zero-order valence-electron chi connectivity index (χ0n) is 6.34. The summed E-state index contributed by atoms with van der Waals surface area (Å²) in [5.74, 6) is -4.37. The van der Waals surface area contributed by atoms with Crippen LogP contribution < -0.4 is 47.9 Å².